The molecule has 2 atom stereocenters. The van der Waals surface area contributed by atoms with Crippen LogP contribution in [0.25, 0.3) is 0 Å². The molecule has 0 aromatic rings. The number of unbranched alkanes of at least 4 members (excludes halogenated alkanes) is 33. The minimum absolute atomic E-state index is 0.0438. The Labute approximate surface area is 402 Å². The van der Waals surface area contributed by atoms with Crippen LogP contribution < -0.4 is 5.11 Å². The van der Waals surface area contributed by atoms with Gasteiger partial charge in [0.2, 0.25) is 0 Å². The summed E-state index contributed by atoms with van der Waals surface area (Å²) in [5, 5.41) is 11.7. The number of quaternary nitrogens is 1. The average molecular weight is 918 g/mol. The van der Waals surface area contributed by atoms with Gasteiger partial charge in [0.05, 0.1) is 40.3 Å². The van der Waals surface area contributed by atoms with Gasteiger partial charge in [-0.05, 0) is 44.9 Å². The Morgan fingerprint density at radius 3 is 1.22 bits per heavy atom. The maximum atomic E-state index is 12.8. The molecule has 0 aliphatic heterocycles. The zero-order valence-corrected chi connectivity index (χ0v) is 43.7. The Kier molecular flexibility index (Phi) is 46.6. The van der Waals surface area contributed by atoms with Crippen LogP contribution in [0.3, 0.4) is 0 Å². The molecule has 0 aliphatic carbocycles. The smallest absolute Gasteiger partial charge is 0.306 e. The summed E-state index contributed by atoms with van der Waals surface area (Å²) < 4.78 is 17.3. The van der Waals surface area contributed by atoms with E-state index in [1.54, 1.807) is 0 Å². The first-order valence-electron chi connectivity index (χ1n) is 27.9. The first-order valence-corrected chi connectivity index (χ1v) is 27.9. The predicted molar refractivity (Wildman–Crippen MR) is 273 cm³/mol. The highest BCUT2D eigenvalue weighted by molar-refractivity contribution is 5.70. The standard InChI is InChI=1S/C57H107NO7/c1-6-8-10-12-14-16-18-20-22-24-26-27-28-30-31-33-35-37-39-41-43-45-47-55(59)64-52-53(51-63-50-49-54(57(61)62)58(3,4)5)65-56(60)48-46-44-42-40-38-36-34-32-29-25-23-21-19-17-15-13-11-9-7-2/h15,17,21,23,53-54H,6-14,16,18-20,22,24-52H2,1-5H3/b17-15-,23-21-. The van der Waals surface area contributed by atoms with Crippen LogP contribution >= 0.6 is 0 Å². The Hall–Kier alpha value is -2.19. The number of nitrogens with zero attached hydrogens (tertiary/aromatic N) is 1. The van der Waals surface area contributed by atoms with Crippen LogP contribution in [0.2, 0.25) is 0 Å². The third kappa shape index (κ3) is 46.7. The summed E-state index contributed by atoms with van der Waals surface area (Å²) in [4.78, 5) is 37.1. The van der Waals surface area contributed by atoms with E-state index in [2.05, 4.69) is 38.2 Å². The molecule has 382 valence electrons. The molecule has 0 saturated carbocycles. The quantitative estimate of drug-likeness (QED) is 0.0259. The van der Waals surface area contributed by atoms with Crippen LogP contribution in [0.15, 0.2) is 24.3 Å². The average Bonchev–Trinajstić information content (AvgIpc) is 3.27. The van der Waals surface area contributed by atoms with E-state index in [0.29, 0.717) is 12.8 Å². The third-order valence-electron chi connectivity index (χ3n) is 12.8. The SMILES string of the molecule is CCCCC/C=C\C/C=C\CCCCCCCCCCCC(=O)OC(COCCC(C(=O)[O-])[N+](C)(C)C)COC(=O)CCCCCCCCCCCCCCCCCCCCCCCC. The number of rotatable bonds is 51. The lowest BCUT2D eigenvalue weighted by Crippen LogP contribution is -2.55. The molecule has 0 spiro atoms. The van der Waals surface area contributed by atoms with E-state index in [-0.39, 0.29) is 42.7 Å². The topological polar surface area (TPSA) is 102 Å². The number of allylic oxidation sites excluding steroid dienone is 4. The molecule has 2 unspecified atom stereocenters. The highest BCUT2D eigenvalue weighted by Gasteiger charge is 2.25. The maximum absolute atomic E-state index is 12.8. The Bertz CT molecular complexity index is 1120. The van der Waals surface area contributed by atoms with Crippen LogP contribution in [0, 0.1) is 0 Å². The van der Waals surface area contributed by atoms with Crippen molar-refractivity contribution in [2.45, 2.75) is 283 Å². The van der Waals surface area contributed by atoms with Crippen molar-refractivity contribution in [1.29, 1.82) is 0 Å². The number of hydrogen-bond acceptors (Lipinski definition) is 7. The molecule has 0 rings (SSSR count). The van der Waals surface area contributed by atoms with Gasteiger partial charge in [0.15, 0.2) is 6.10 Å². The molecule has 0 radical (unpaired) electrons. The van der Waals surface area contributed by atoms with Crippen molar-refractivity contribution < 1.29 is 38.2 Å². The molecule has 0 amide bonds. The lowest BCUT2D eigenvalue weighted by Gasteiger charge is -2.34. The van der Waals surface area contributed by atoms with Gasteiger partial charge in [-0.2, -0.15) is 0 Å². The van der Waals surface area contributed by atoms with E-state index in [0.717, 1.165) is 44.9 Å². The molecule has 0 aromatic heterocycles. The molecular formula is C57H107NO7. The summed E-state index contributed by atoms with van der Waals surface area (Å²) in [6.45, 7) is 4.69. The van der Waals surface area contributed by atoms with E-state index in [1.807, 2.05) is 21.1 Å². The summed E-state index contributed by atoms with van der Waals surface area (Å²) in [5.74, 6) is -1.72. The van der Waals surface area contributed by atoms with E-state index in [9.17, 15) is 19.5 Å². The second-order valence-corrected chi connectivity index (χ2v) is 20.2. The number of carboxylic acids is 1. The van der Waals surface area contributed by atoms with Gasteiger partial charge in [-0.1, -0.05) is 231 Å². The fourth-order valence-electron chi connectivity index (χ4n) is 8.52. The summed E-state index contributed by atoms with van der Waals surface area (Å²) in [7, 11) is 5.43. The molecule has 0 aliphatic rings. The van der Waals surface area contributed by atoms with Gasteiger partial charge in [-0.25, -0.2) is 0 Å². The lowest BCUT2D eigenvalue weighted by molar-refractivity contribution is -0.889. The van der Waals surface area contributed by atoms with Gasteiger partial charge in [0, 0.05) is 19.3 Å². The number of ether oxygens (including phenoxy) is 3. The van der Waals surface area contributed by atoms with Gasteiger partial charge < -0.3 is 28.6 Å². The minimum Gasteiger partial charge on any atom is -0.544 e. The summed E-state index contributed by atoms with van der Waals surface area (Å²) >= 11 is 0. The molecule has 0 heterocycles. The number of hydrogen-bond donors (Lipinski definition) is 0. The number of aliphatic carboxylic acids is 1. The monoisotopic (exact) mass is 918 g/mol. The molecule has 8 heteroatoms. The van der Waals surface area contributed by atoms with E-state index >= 15 is 0 Å². The number of carbonyl (C=O) groups is 3. The second kappa shape index (κ2) is 48.3. The zero-order chi connectivity index (χ0) is 47.7. The van der Waals surface area contributed by atoms with Crippen molar-refractivity contribution in [1.82, 2.24) is 0 Å². The van der Waals surface area contributed by atoms with E-state index in [4.69, 9.17) is 14.2 Å². The molecule has 8 nitrogen and oxygen atoms in total. The first-order chi connectivity index (χ1) is 31.6. The van der Waals surface area contributed by atoms with Crippen LogP contribution in [0.1, 0.15) is 271 Å². The first kappa shape index (κ1) is 62.8. The molecular weight excluding hydrogens is 811 g/mol. The van der Waals surface area contributed by atoms with Gasteiger partial charge >= 0.3 is 11.9 Å². The molecule has 65 heavy (non-hydrogen) atoms. The van der Waals surface area contributed by atoms with Crippen molar-refractivity contribution in [3.05, 3.63) is 24.3 Å². The van der Waals surface area contributed by atoms with Crippen LogP contribution in [-0.4, -0.2) is 75.5 Å². The predicted octanol–water partition coefficient (Wildman–Crippen LogP) is 15.0. The van der Waals surface area contributed by atoms with Crippen LogP contribution in [0.5, 0.6) is 0 Å². The summed E-state index contributed by atoms with van der Waals surface area (Å²) in [6.07, 6.45) is 56.4. The van der Waals surface area contributed by atoms with Crippen molar-refractivity contribution in [3.8, 4) is 0 Å². The summed E-state index contributed by atoms with van der Waals surface area (Å²) in [6, 6.07) is -0.725. The third-order valence-corrected chi connectivity index (χ3v) is 12.8. The number of likely N-dealkylation sites (N-methyl/N-ethyl adjacent to an activating group) is 1. The molecule has 0 aromatic carbocycles. The van der Waals surface area contributed by atoms with Crippen LogP contribution in [-0.2, 0) is 28.6 Å². The molecule has 0 fully saturated rings. The van der Waals surface area contributed by atoms with E-state index < -0.39 is 18.1 Å². The molecule has 0 saturated heterocycles. The maximum Gasteiger partial charge on any atom is 0.306 e. The van der Waals surface area contributed by atoms with Gasteiger partial charge in [0.25, 0.3) is 0 Å². The normalized spacial score (nSPS) is 12.9. The number of carboxylic acid groups (broad SMARTS) is 1. The largest absolute Gasteiger partial charge is 0.544 e. The molecule has 0 N–H and O–H groups in total. The zero-order valence-electron chi connectivity index (χ0n) is 43.7. The minimum atomic E-state index is -1.12. The van der Waals surface area contributed by atoms with Gasteiger partial charge in [0.1, 0.15) is 12.6 Å². The Morgan fingerprint density at radius 1 is 0.462 bits per heavy atom. The van der Waals surface area contributed by atoms with Crippen molar-refractivity contribution in [3.63, 3.8) is 0 Å². The van der Waals surface area contributed by atoms with Gasteiger partial charge in [-0.15, -0.1) is 0 Å². The summed E-state index contributed by atoms with van der Waals surface area (Å²) in [5.41, 5.74) is 0. The van der Waals surface area contributed by atoms with Gasteiger partial charge in [-0.3, -0.25) is 9.59 Å². The van der Waals surface area contributed by atoms with Crippen molar-refractivity contribution in [2.24, 2.45) is 0 Å². The second-order valence-electron chi connectivity index (χ2n) is 20.2. The van der Waals surface area contributed by atoms with Crippen molar-refractivity contribution in [2.75, 3.05) is 41.0 Å². The van der Waals surface area contributed by atoms with Crippen LogP contribution in [0.4, 0.5) is 0 Å². The highest BCUT2D eigenvalue weighted by Crippen LogP contribution is 2.17. The lowest BCUT2D eigenvalue weighted by atomic mass is 10.0. The Morgan fingerprint density at radius 2 is 0.815 bits per heavy atom. The highest BCUT2D eigenvalue weighted by atomic mass is 16.6. The fourth-order valence-corrected chi connectivity index (χ4v) is 8.52. The van der Waals surface area contributed by atoms with Crippen molar-refractivity contribution >= 4 is 17.9 Å². The number of carbonyl (C=O) groups excluding carboxylic acids is 3. The van der Waals surface area contributed by atoms with E-state index in [1.165, 1.54) is 193 Å². The Balaban J connectivity index is 4.15. The molecule has 0 bridgehead atoms. The number of esters is 2. The fraction of sp³-hybridized carbons (Fsp3) is 0.877.